The number of hydrogen-bond acceptors (Lipinski definition) is 8. The van der Waals surface area contributed by atoms with Crippen molar-refractivity contribution in [2.24, 2.45) is 5.92 Å². The van der Waals surface area contributed by atoms with Gasteiger partial charge in [-0.15, -0.1) is 0 Å². The highest BCUT2D eigenvalue weighted by molar-refractivity contribution is 5.95. The molecule has 0 saturated carbocycles. The monoisotopic (exact) mass is 686 g/mol. The number of rotatable bonds is 13. The number of ether oxygens (including phenoxy) is 1. The molecule has 5 atom stereocenters. The molecule has 1 aliphatic carbocycles. The van der Waals surface area contributed by atoms with Gasteiger partial charge in [0.05, 0.1) is 24.9 Å². The van der Waals surface area contributed by atoms with Crippen LogP contribution in [0, 0.1) is 5.92 Å². The number of carbonyl (C=O) groups is 3. The molecule has 5 rings (SSSR count). The second-order valence-electron chi connectivity index (χ2n) is 14.3. The highest BCUT2D eigenvalue weighted by atomic mass is 16.5. The van der Waals surface area contributed by atoms with Gasteiger partial charge >= 0.3 is 0 Å². The van der Waals surface area contributed by atoms with Crippen molar-refractivity contribution in [1.29, 1.82) is 0 Å². The fourth-order valence-corrected chi connectivity index (χ4v) is 6.83. The van der Waals surface area contributed by atoms with E-state index in [-0.39, 0.29) is 50.4 Å². The van der Waals surface area contributed by atoms with E-state index in [0.717, 1.165) is 16.7 Å². The van der Waals surface area contributed by atoms with Gasteiger partial charge in [-0.25, -0.2) is 0 Å². The first-order chi connectivity index (χ1) is 23.9. The lowest BCUT2D eigenvalue weighted by atomic mass is 9.91. The maximum atomic E-state index is 14.0. The van der Waals surface area contributed by atoms with Crippen molar-refractivity contribution in [3.63, 3.8) is 0 Å². The molecule has 1 fully saturated rings. The standard InChI is InChI=1S/C39H50N4O7/c1-39(2,3)41-37(48)33-25-43(38(49)27-9-5-4-6-10-27)18-17-42(33)24-30(45)22-29(21-26-13-15-31(16-14-26)50-20-19-44)36(47)40-35-32-12-8-7-11-28(32)23-34(35)46/h4-16,29-30,33-35,44-46H,17-25H2,1-3H3,(H,40,47)(H,41,48)/t29-,30-,33-,34+,35-/m0/s1. The molecular formula is C39H50N4O7. The lowest BCUT2D eigenvalue weighted by Gasteiger charge is -2.42. The first-order valence-corrected chi connectivity index (χ1v) is 17.4. The summed E-state index contributed by atoms with van der Waals surface area (Å²) in [5, 5.41) is 37.6. The lowest BCUT2D eigenvalue weighted by Crippen LogP contribution is -2.62. The smallest absolute Gasteiger partial charge is 0.253 e. The molecule has 3 amide bonds. The molecule has 0 bridgehead atoms. The summed E-state index contributed by atoms with van der Waals surface area (Å²) in [6, 6.07) is 22.6. The minimum Gasteiger partial charge on any atom is -0.491 e. The van der Waals surface area contributed by atoms with Crippen LogP contribution in [0.5, 0.6) is 5.75 Å². The summed E-state index contributed by atoms with van der Waals surface area (Å²) >= 11 is 0. The highest BCUT2D eigenvalue weighted by Gasteiger charge is 2.38. The van der Waals surface area contributed by atoms with E-state index in [2.05, 4.69) is 10.6 Å². The molecule has 0 unspecified atom stereocenters. The van der Waals surface area contributed by atoms with Gasteiger partial charge in [-0.05, 0) is 74.6 Å². The summed E-state index contributed by atoms with van der Waals surface area (Å²) in [5.41, 5.74) is 2.78. The van der Waals surface area contributed by atoms with Gasteiger partial charge in [0, 0.05) is 49.6 Å². The van der Waals surface area contributed by atoms with Crippen molar-refractivity contribution in [3.8, 4) is 5.75 Å². The van der Waals surface area contributed by atoms with Crippen LogP contribution in [0.4, 0.5) is 0 Å². The highest BCUT2D eigenvalue weighted by Crippen LogP contribution is 2.32. The zero-order chi connectivity index (χ0) is 35.8. The van der Waals surface area contributed by atoms with Crippen molar-refractivity contribution in [1.82, 2.24) is 20.4 Å². The van der Waals surface area contributed by atoms with Crippen LogP contribution in [0.15, 0.2) is 78.9 Å². The number of carbonyl (C=O) groups excluding carboxylic acids is 3. The number of amides is 3. The number of piperazine rings is 1. The molecule has 0 spiro atoms. The number of hydrogen-bond donors (Lipinski definition) is 5. The van der Waals surface area contributed by atoms with E-state index < -0.39 is 35.7 Å². The molecule has 3 aromatic carbocycles. The summed E-state index contributed by atoms with van der Waals surface area (Å²) in [4.78, 5) is 44.5. The fourth-order valence-electron chi connectivity index (χ4n) is 6.83. The van der Waals surface area contributed by atoms with Crippen LogP contribution in [0.3, 0.4) is 0 Å². The second-order valence-corrected chi connectivity index (χ2v) is 14.3. The molecule has 2 aliphatic rings. The van der Waals surface area contributed by atoms with Gasteiger partial charge in [0.1, 0.15) is 18.4 Å². The topological polar surface area (TPSA) is 152 Å². The maximum absolute atomic E-state index is 14.0. The first kappa shape index (κ1) is 37.0. The van der Waals surface area contributed by atoms with Gasteiger partial charge in [0.25, 0.3) is 5.91 Å². The Morgan fingerprint density at radius 1 is 0.960 bits per heavy atom. The number of fused-ring (bicyclic) bond motifs is 1. The van der Waals surface area contributed by atoms with Gasteiger partial charge < -0.3 is 35.6 Å². The molecule has 1 saturated heterocycles. The predicted octanol–water partition coefficient (Wildman–Crippen LogP) is 2.48. The zero-order valence-electron chi connectivity index (χ0n) is 29.1. The molecule has 1 aliphatic heterocycles. The second kappa shape index (κ2) is 16.6. The van der Waals surface area contributed by atoms with Crippen LogP contribution < -0.4 is 15.4 Å². The van der Waals surface area contributed by atoms with Crippen LogP contribution in [0.2, 0.25) is 0 Å². The Bertz CT molecular complexity index is 1590. The molecule has 5 N–H and O–H groups in total. The van der Waals surface area contributed by atoms with Gasteiger partial charge in [0.15, 0.2) is 0 Å². The Balaban J connectivity index is 1.32. The first-order valence-electron chi connectivity index (χ1n) is 17.4. The van der Waals surface area contributed by atoms with Gasteiger partial charge in [0.2, 0.25) is 11.8 Å². The minimum absolute atomic E-state index is 0.102. The van der Waals surface area contributed by atoms with E-state index >= 15 is 0 Å². The van der Waals surface area contributed by atoms with Gasteiger partial charge in [-0.3, -0.25) is 19.3 Å². The predicted molar refractivity (Wildman–Crippen MR) is 189 cm³/mol. The number of nitrogens with zero attached hydrogens (tertiary/aromatic N) is 2. The van der Waals surface area contributed by atoms with Crippen LogP contribution in [0.25, 0.3) is 0 Å². The molecule has 3 aromatic rings. The van der Waals surface area contributed by atoms with Gasteiger partial charge in [-0.2, -0.15) is 0 Å². The lowest BCUT2D eigenvalue weighted by molar-refractivity contribution is -0.131. The zero-order valence-corrected chi connectivity index (χ0v) is 29.1. The number of benzene rings is 3. The summed E-state index contributed by atoms with van der Waals surface area (Å²) in [5.74, 6) is -0.733. The van der Waals surface area contributed by atoms with Crippen LogP contribution in [0.1, 0.15) is 60.3 Å². The molecule has 50 heavy (non-hydrogen) atoms. The molecule has 1 heterocycles. The Labute approximate surface area is 294 Å². The SMILES string of the molecule is CC(C)(C)NC(=O)[C@@H]1CN(C(=O)c2ccccc2)CCN1C[C@@H](O)C[C@H](Cc1ccc(OCCO)cc1)C(=O)N[C@H]1c2ccccc2C[C@H]1O. The molecule has 0 radical (unpaired) electrons. The van der Waals surface area contributed by atoms with E-state index in [9.17, 15) is 24.6 Å². The number of aliphatic hydroxyl groups excluding tert-OH is 3. The largest absolute Gasteiger partial charge is 0.491 e. The van der Waals surface area contributed by atoms with E-state index in [1.54, 1.807) is 29.2 Å². The summed E-state index contributed by atoms with van der Waals surface area (Å²) in [6.07, 6.45) is -0.862. The minimum atomic E-state index is -0.972. The Hall–Kier alpha value is -4.29. The number of nitrogens with one attached hydrogen (secondary N) is 2. The Morgan fingerprint density at radius 2 is 1.66 bits per heavy atom. The third kappa shape index (κ3) is 9.69. The van der Waals surface area contributed by atoms with Crippen molar-refractivity contribution in [2.45, 2.75) is 69.9 Å². The summed E-state index contributed by atoms with van der Waals surface area (Å²) in [6.45, 7) is 6.80. The molecule has 268 valence electrons. The van der Waals surface area contributed by atoms with E-state index in [0.29, 0.717) is 37.2 Å². The Morgan fingerprint density at radius 3 is 2.36 bits per heavy atom. The maximum Gasteiger partial charge on any atom is 0.253 e. The fraction of sp³-hybridized carbons (Fsp3) is 0.462. The van der Waals surface area contributed by atoms with E-state index in [4.69, 9.17) is 9.84 Å². The summed E-state index contributed by atoms with van der Waals surface area (Å²) in [7, 11) is 0. The van der Waals surface area contributed by atoms with E-state index in [1.807, 2.05) is 80.3 Å². The molecular weight excluding hydrogens is 636 g/mol. The molecule has 11 nitrogen and oxygen atoms in total. The van der Waals surface area contributed by atoms with Crippen molar-refractivity contribution >= 4 is 17.7 Å². The normalized spacial score (nSPS) is 20.4. The molecule has 11 heteroatoms. The van der Waals surface area contributed by atoms with Crippen molar-refractivity contribution in [3.05, 3.63) is 101 Å². The van der Waals surface area contributed by atoms with Crippen molar-refractivity contribution in [2.75, 3.05) is 39.4 Å². The third-order valence-electron chi connectivity index (χ3n) is 9.24. The Kier molecular flexibility index (Phi) is 12.3. The third-order valence-corrected chi connectivity index (χ3v) is 9.24. The molecule has 0 aromatic heterocycles. The average Bonchev–Trinajstić information content (AvgIpc) is 3.41. The van der Waals surface area contributed by atoms with Crippen LogP contribution >= 0.6 is 0 Å². The van der Waals surface area contributed by atoms with E-state index in [1.165, 1.54) is 0 Å². The average molecular weight is 687 g/mol. The van der Waals surface area contributed by atoms with Gasteiger partial charge in [-0.1, -0.05) is 54.6 Å². The number of aliphatic hydroxyl groups is 3. The van der Waals surface area contributed by atoms with Crippen molar-refractivity contribution < 1.29 is 34.4 Å². The quantitative estimate of drug-likeness (QED) is 0.184. The summed E-state index contributed by atoms with van der Waals surface area (Å²) < 4.78 is 5.49. The van der Waals surface area contributed by atoms with Crippen LogP contribution in [-0.2, 0) is 22.4 Å². The number of β-amino-alcohol motifs (C(OH)–C–C–N with tert-alkyl or cyclic N) is 1. The van der Waals surface area contributed by atoms with Crippen LogP contribution in [-0.4, -0.2) is 106 Å².